The first kappa shape index (κ1) is 13.4. The summed E-state index contributed by atoms with van der Waals surface area (Å²) in [5, 5.41) is 10.6. The maximum Gasteiger partial charge on any atom is 0.426 e. The van der Waals surface area contributed by atoms with Crippen molar-refractivity contribution in [3.05, 3.63) is 30.1 Å². The van der Waals surface area contributed by atoms with E-state index in [0.29, 0.717) is 0 Å². The van der Waals surface area contributed by atoms with Crippen LogP contribution in [0.4, 0.5) is 4.79 Å². The Hall–Kier alpha value is -2.04. The van der Waals surface area contributed by atoms with Gasteiger partial charge in [0.2, 0.25) is 0 Å². The summed E-state index contributed by atoms with van der Waals surface area (Å²) >= 11 is 0. The van der Waals surface area contributed by atoms with Gasteiger partial charge in [-0.05, 0) is 31.9 Å². The van der Waals surface area contributed by atoms with E-state index in [-0.39, 0.29) is 6.04 Å². The highest BCUT2D eigenvalue weighted by atomic mass is 16.4. The van der Waals surface area contributed by atoms with E-state index in [4.69, 9.17) is 0 Å². The minimum atomic E-state index is -0.977. The highest BCUT2D eigenvalue weighted by Crippen LogP contribution is 2.20. The number of benzene rings is 1. The molecule has 0 bridgehead atoms. The highest BCUT2D eigenvalue weighted by Gasteiger charge is 2.20. The van der Waals surface area contributed by atoms with E-state index in [1.165, 1.54) is 5.01 Å². The summed E-state index contributed by atoms with van der Waals surface area (Å²) in [5.41, 5.74) is 2.88. The molecule has 0 fully saturated rings. The Morgan fingerprint density at radius 2 is 2.21 bits per heavy atom. The van der Waals surface area contributed by atoms with E-state index >= 15 is 0 Å². The van der Waals surface area contributed by atoms with Crippen LogP contribution >= 0.6 is 0 Å². The van der Waals surface area contributed by atoms with Gasteiger partial charge in [0.1, 0.15) is 6.33 Å². The first-order valence-corrected chi connectivity index (χ1v) is 6.53. The van der Waals surface area contributed by atoms with Crippen LogP contribution in [0.15, 0.2) is 24.5 Å². The Kier molecular flexibility index (Phi) is 3.74. The second-order valence-corrected chi connectivity index (χ2v) is 4.84. The number of nitrogens with zero attached hydrogens (tertiary/aromatic N) is 3. The molecule has 102 valence electrons. The van der Waals surface area contributed by atoms with E-state index in [2.05, 4.69) is 11.9 Å². The lowest BCUT2D eigenvalue weighted by Gasteiger charge is -2.24. The number of hydrogen-bond acceptors (Lipinski definition) is 2. The molecule has 2 rings (SSSR count). The molecule has 0 atom stereocenters. The van der Waals surface area contributed by atoms with Gasteiger partial charge in [0.05, 0.1) is 17.1 Å². The van der Waals surface area contributed by atoms with Gasteiger partial charge in [-0.3, -0.25) is 0 Å². The maximum absolute atomic E-state index is 11.4. The molecule has 0 aliphatic heterocycles. The summed E-state index contributed by atoms with van der Waals surface area (Å²) in [6.07, 6.45) is 2.59. The van der Waals surface area contributed by atoms with E-state index in [0.717, 1.165) is 29.4 Å². The number of fused-ring (bicyclic) bond motifs is 1. The van der Waals surface area contributed by atoms with Crippen molar-refractivity contribution in [1.29, 1.82) is 0 Å². The number of carboxylic acid groups (broad SMARTS) is 1. The second-order valence-electron chi connectivity index (χ2n) is 4.84. The maximum atomic E-state index is 11.4. The molecule has 1 heterocycles. The second kappa shape index (κ2) is 5.30. The Labute approximate surface area is 112 Å². The number of imidazole rings is 1. The van der Waals surface area contributed by atoms with Crippen molar-refractivity contribution in [3.63, 3.8) is 0 Å². The number of hydrogen-bond donors (Lipinski definition) is 1. The molecule has 0 aliphatic rings. The fraction of sp³-hybridized carbons (Fsp3) is 0.429. The average molecular weight is 261 g/mol. The molecular weight excluding hydrogens is 242 g/mol. The van der Waals surface area contributed by atoms with Gasteiger partial charge in [-0.2, -0.15) is 0 Å². The van der Waals surface area contributed by atoms with Crippen LogP contribution in [0.25, 0.3) is 11.0 Å². The molecule has 1 N–H and O–H groups in total. The van der Waals surface area contributed by atoms with Crippen LogP contribution in [0.3, 0.4) is 0 Å². The lowest BCUT2D eigenvalue weighted by molar-refractivity contribution is 0.192. The number of aryl methyl sites for hydroxylation is 1. The Balaban J connectivity index is 2.56. The van der Waals surface area contributed by atoms with Crippen molar-refractivity contribution in [2.24, 2.45) is 0 Å². The predicted octanol–water partition coefficient (Wildman–Crippen LogP) is 3.01. The first-order valence-electron chi connectivity index (χ1n) is 6.53. The number of rotatable bonds is 4. The molecule has 19 heavy (non-hydrogen) atoms. The quantitative estimate of drug-likeness (QED) is 0.920. The van der Waals surface area contributed by atoms with Gasteiger partial charge in [-0.15, -0.1) is 0 Å². The van der Waals surface area contributed by atoms with Gasteiger partial charge in [0, 0.05) is 0 Å². The van der Waals surface area contributed by atoms with Crippen molar-refractivity contribution >= 4 is 17.1 Å². The van der Waals surface area contributed by atoms with Crippen LogP contribution in [0, 0.1) is 0 Å². The van der Waals surface area contributed by atoms with Gasteiger partial charge >= 0.3 is 6.09 Å². The summed E-state index contributed by atoms with van der Waals surface area (Å²) in [5.74, 6) is 0. The van der Waals surface area contributed by atoms with Crippen molar-refractivity contribution < 1.29 is 9.90 Å². The molecule has 1 aromatic carbocycles. The third-order valence-corrected chi connectivity index (χ3v) is 3.08. The molecule has 2 aromatic rings. The minimum Gasteiger partial charge on any atom is -0.464 e. The van der Waals surface area contributed by atoms with Crippen molar-refractivity contribution in [1.82, 2.24) is 9.66 Å². The molecule has 0 spiro atoms. The largest absolute Gasteiger partial charge is 0.464 e. The third kappa shape index (κ3) is 2.41. The Morgan fingerprint density at radius 3 is 2.79 bits per heavy atom. The van der Waals surface area contributed by atoms with Crippen molar-refractivity contribution in [3.8, 4) is 0 Å². The Morgan fingerprint density at radius 1 is 1.47 bits per heavy atom. The van der Waals surface area contributed by atoms with E-state index < -0.39 is 6.09 Å². The molecular formula is C14H19N3O2. The Bertz CT molecular complexity index is 589. The van der Waals surface area contributed by atoms with Crippen LogP contribution in [0.1, 0.15) is 32.8 Å². The van der Waals surface area contributed by atoms with Crippen molar-refractivity contribution in [2.75, 3.05) is 5.01 Å². The fourth-order valence-electron chi connectivity index (χ4n) is 2.29. The normalized spacial score (nSPS) is 11.2. The molecule has 5 heteroatoms. The number of carbonyl (C=O) groups is 1. The minimum absolute atomic E-state index is 0.148. The summed E-state index contributed by atoms with van der Waals surface area (Å²) in [4.78, 5) is 15.8. The highest BCUT2D eigenvalue weighted by molar-refractivity contribution is 5.84. The predicted molar refractivity (Wildman–Crippen MR) is 75.1 cm³/mol. The third-order valence-electron chi connectivity index (χ3n) is 3.08. The monoisotopic (exact) mass is 261 g/mol. The zero-order valence-electron chi connectivity index (χ0n) is 11.5. The zero-order valence-corrected chi connectivity index (χ0v) is 11.5. The smallest absolute Gasteiger partial charge is 0.426 e. The van der Waals surface area contributed by atoms with Crippen LogP contribution in [0.5, 0.6) is 0 Å². The first-order chi connectivity index (χ1) is 9.06. The van der Waals surface area contributed by atoms with Gasteiger partial charge in [-0.1, -0.05) is 25.5 Å². The molecule has 0 saturated carbocycles. The molecule has 0 radical (unpaired) electrons. The summed E-state index contributed by atoms with van der Waals surface area (Å²) < 4.78 is 1.61. The van der Waals surface area contributed by atoms with Gasteiger partial charge in [0.15, 0.2) is 0 Å². The van der Waals surface area contributed by atoms with E-state index in [1.54, 1.807) is 11.0 Å². The summed E-state index contributed by atoms with van der Waals surface area (Å²) in [6, 6.07) is 5.75. The summed E-state index contributed by atoms with van der Waals surface area (Å²) in [6.45, 7) is 5.80. The molecule has 5 nitrogen and oxygen atoms in total. The van der Waals surface area contributed by atoms with Crippen molar-refractivity contribution in [2.45, 2.75) is 39.7 Å². The molecule has 1 aromatic heterocycles. The molecule has 1 amide bonds. The lowest BCUT2D eigenvalue weighted by atomic mass is 10.1. The number of aromatic nitrogens is 2. The molecule has 0 saturated heterocycles. The van der Waals surface area contributed by atoms with Gasteiger partial charge in [-0.25, -0.2) is 19.5 Å². The lowest BCUT2D eigenvalue weighted by Crippen LogP contribution is -2.44. The molecule has 0 aliphatic carbocycles. The number of para-hydroxylation sites is 1. The van der Waals surface area contributed by atoms with Crippen LogP contribution in [0.2, 0.25) is 0 Å². The van der Waals surface area contributed by atoms with E-state index in [9.17, 15) is 9.90 Å². The van der Waals surface area contributed by atoms with Gasteiger partial charge in [0.25, 0.3) is 0 Å². The standard InChI is InChI=1S/C14H19N3O2/c1-4-6-11-7-5-8-12-13(11)15-9-16(12)17(10(2)3)14(18)19/h5,7-10H,4,6H2,1-3H3,(H,18,19). The average Bonchev–Trinajstić information content (AvgIpc) is 2.74. The van der Waals surface area contributed by atoms with Gasteiger partial charge < -0.3 is 5.11 Å². The fourth-order valence-corrected chi connectivity index (χ4v) is 2.29. The zero-order chi connectivity index (χ0) is 14.0. The van der Waals surface area contributed by atoms with Crippen LogP contribution in [-0.4, -0.2) is 26.9 Å². The molecule has 0 unspecified atom stereocenters. The van der Waals surface area contributed by atoms with Crippen LogP contribution in [-0.2, 0) is 6.42 Å². The SMILES string of the molecule is CCCc1cccc2c1ncn2N(C(=O)O)C(C)C. The number of amides is 1. The summed E-state index contributed by atoms with van der Waals surface area (Å²) in [7, 11) is 0. The van der Waals surface area contributed by atoms with Crippen LogP contribution < -0.4 is 5.01 Å². The van der Waals surface area contributed by atoms with E-state index in [1.807, 2.05) is 32.0 Å². The topological polar surface area (TPSA) is 58.4 Å².